The molecule has 2 aliphatic heterocycles. The zero-order valence-electron chi connectivity index (χ0n) is 10.7. The largest absolute Gasteiger partial charge is 0.395 e. The molecule has 1 aromatic carbocycles. The number of hydrogen-bond acceptors (Lipinski definition) is 3. The van der Waals surface area contributed by atoms with Crippen LogP contribution in [0.1, 0.15) is 18.4 Å². The lowest BCUT2D eigenvalue weighted by atomic mass is 9.96. The summed E-state index contributed by atoms with van der Waals surface area (Å²) >= 11 is 0. The van der Waals surface area contributed by atoms with Crippen molar-refractivity contribution in [3.8, 4) is 0 Å². The molecule has 1 fully saturated rings. The molecule has 3 N–H and O–H groups in total. The van der Waals surface area contributed by atoms with Crippen LogP contribution in [-0.4, -0.2) is 41.1 Å². The van der Waals surface area contributed by atoms with E-state index < -0.39 is 0 Å². The molecule has 1 amide bonds. The third-order valence-corrected chi connectivity index (χ3v) is 4.15. The molecule has 0 aliphatic carbocycles. The number of anilines is 1. The van der Waals surface area contributed by atoms with Crippen LogP contribution in [0.4, 0.5) is 11.4 Å². The second kappa shape index (κ2) is 4.83. The van der Waals surface area contributed by atoms with Gasteiger partial charge in [-0.25, -0.2) is 0 Å². The van der Waals surface area contributed by atoms with Gasteiger partial charge < -0.3 is 10.4 Å². The predicted molar refractivity (Wildman–Crippen MR) is 72.1 cm³/mol. The molecule has 5 nitrogen and oxygen atoms in total. The smallest absolute Gasteiger partial charge is 0.242 e. The summed E-state index contributed by atoms with van der Waals surface area (Å²) in [6.07, 6.45) is 2.61. The first-order valence-corrected chi connectivity index (χ1v) is 6.71. The van der Waals surface area contributed by atoms with Gasteiger partial charge in [-0.05, 0) is 37.4 Å². The van der Waals surface area contributed by atoms with E-state index in [1.807, 2.05) is 12.1 Å². The summed E-state index contributed by atoms with van der Waals surface area (Å²) in [5.41, 5.74) is 9.84. The summed E-state index contributed by atoms with van der Waals surface area (Å²) in [6.45, 7) is 0.967. The van der Waals surface area contributed by atoms with Crippen LogP contribution in [-0.2, 0) is 11.2 Å². The van der Waals surface area contributed by atoms with Gasteiger partial charge in [0.05, 0.1) is 24.0 Å². The fourth-order valence-electron chi connectivity index (χ4n) is 3.16. The van der Waals surface area contributed by atoms with E-state index in [0.717, 1.165) is 24.9 Å². The molecule has 2 atom stereocenters. The molecular formula is C14H18N3O2. The number of fused-ring (bicyclic) bond motifs is 1. The standard InChI is InChI=1S/C14H18N3O2/c15-11-5-1-3-9-7-12(14(19)16-13(9)11)17-6-2-4-10(17)8-18/h1,3,5,10,12,15,18H,2,4,6-8H2,(H,16,19)/t10-,12?/m0/s1. The molecule has 101 valence electrons. The quantitative estimate of drug-likeness (QED) is 0.830. The zero-order valence-corrected chi connectivity index (χ0v) is 10.7. The Morgan fingerprint density at radius 2 is 2.32 bits per heavy atom. The normalized spacial score (nSPS) is 27.1. The molecule has 3 rings (SSSR count). The van der Waals surface area contributed by atoms with Gasteiger partial charge in [-0.2, -0.15) is 0 Å². The SMILES string of the molecule is [NH]c1cccc2c1NC(=O)C(N1CCC[C@H]1CO)C2. The number of carbonyl (C=O) groups excluding carboxylic acids is 1. The van der Waals surface area contributed by atoms with E-state index in [0.29, 0.717) is 17.8 Å². The van der Waals surface area contributed by atoms with Gasteiger partial charge in [0.15, 0.2) is 0 Å². The molecule has 19 heavy (non-hydrogen) atoms. The lowest BCUT2D eigenvalue weighted by Crippen LogP contribution is -2.50. The van der Waals surface area contributed by atoms with Gasteiger partial charge in [-0.3, -0.25) is 15.4 Å². The van der Waals surface area contributed by atoms with Crippen molar-refractivity contribution in [1.82, 2.24) is 10.6 Å². The number of aliphatic hydroxyl groups is 1. The Bertz CT molecular complexity index is 503. The van der Waals surface area contributed by atoms with Crippen molar-refractivity contribution in [1.29, 1.82) is 0 Å². The summed E-state index contributed by atoms with van der Waals surface area (Å²) in [5, 5.41) is 12.2. The van der Waals surface area contributed by atoms with E-state index in [1.165, 1.54) is 0 Å². The molecule has 5 heteroatoms. The van der Waals surface area contributed by atoms with Crippen LogP contribution in [0.15, 0.2) is 18.2 Å². The molecule has 1 radical (unpaired) electrons. The molecule has 1 aromatic rings. The Morgan fingerprint density at radius 3 is 3.11 bits per heavy atom. The highest BCUT2D eigenvalue weighted by Gasteiger charge is 2.37. The Kier molecular flexibility index (Phi) is 3.16. The molecule has 0 aromatic heterocycles. The van der Waals surface area contributed by atoms with Crippen LogP contribution >= 0.6 is 0 Å². The molecule has 0 bridgehead atoms. The Morgan fingerprint density at radius 1 is 1.47 bits per heavy atom. The molecule has 2 aliphatic rings. The van der Waals surface area contributed by atoms with Gasteiger partial charge in [0.25, 0.3) is 0 Å². The van der Waals surface area contributed by atoms with Crippen molar-refractivity contribution in [2.75, 3.05) is 18.5 Å². The van der Waals surface area contributed by atoms with Gasteiger partial charge >= 0.3 is 0 Å². The number of rotatable bonds is 2. The van der Waals surface area contributed by atoms with E-state index in [4.69, 9.17) is 5.73 Å². The summed E-state index contributed by atoms with van der Waals surface area (Å²) in [7, 11) is 0. The average molecular weight is 260 g/mol. The maximum Gasteiger partial charge on any atom is 0.242 e. The number of benzene rings is 1. The second-order valence-corrected chi connectivity index (χ2v) is 5.27. The zero-order chi connectivity index (χ0) is 13.4. The van der Waals surface area contributed by atoms with Crippen molar-refractivity contribution in [3.05, 3.63) is 23.8 Å². The first-order chi connectivity index (χ1) is 9.20. The minimum absolute atomic E-state index is 0.0486. The summed E-state index contributed by atoms with van der Waals surface area (Å²) in [6, 6.07) is 5.38. The third-order valence-electron chi connectivity index (χ3n) is 4.15. The van der Waals surface area contributed by atoms with Crippen LogP contribution in [0, 0.1) is 0 Å². The number of amides is 1. The second-order valence-electron chi connectivity index (χ2n) is 5.27. The number of nitrogens with one attached hydrogen (secondary N) is 2. The van der Waals surface area contributed by atoms with E-state index in [2.05, 4.69) is 10.2 Å². The van der Waals surface area contributed by atoms with Gasteiger partial charge in [0.1, 0.15) is 0 Å². The van der Waals surface area contributed by atoms with Crippen LogP contribution in [0.3, 0.4) is 0 Å². The molecule has 2 heterocycles. The number of para-hydroxylation sites is 1. The maximum absolute atomic E-state index is 12.2. The van der Waals surface area contributed by atoms with Crippen molar-refractivity contribution < 1.29 is 9.90 Å². The Balaban J connectivity index is 1.88. The number of carbonyl (C=O) groups is 1. The minimum Gasteiger partial charge on any atom is -0.395 e. The lowest BCUT2D eigenvalue weighted by Gasteiger charge is -2.35. The summed E-state index contributed by atoms with van der Waals surface area (Å²) in [5.74, 6) is -0.0486. The molecular weight excluding hydrogens is 242 g/mol. The van der Waals surface area contributed by atoms with Crippen molar-refractivity contribution in [2.24, 2.45) is 0 Å². The monoisotopic (exact) mass is 260 g/mol. The number of nitrogens with zero attached hydrogens (tertiary/aromatic N) is 1. The number of aliphatic hydroxyl groups excluding tert-OH is 1. The van der Waals surface area contributed by atoms with Crippen LogP contribution in [0.2, 0.25) is 0 Å². The summed E-state index contributed by atoms with van der Waals surface area (Å²) in [4.78, 5) is 14.3. The van der Waals surface area contributed by atoms with E-state index >= 15 is 0 Å². The third kappa shape index (κ3) is 2.09. The minimum atomic E-state index is -0.214. The van der Waals surface area contributed by atoms with E-state index in [-0.39, 0.29) is 24.6 Å². The summed E-state index contributed by atoms with van der Waals surface area (Å²) < 4.78 is 0. The molecule has 1 saturated heterocycles. The van der Waals surface area contributed by atoms with E-state index in [9.17, 15) is 9.90 Å². The fraction of sp³-hybridized carbons (Fsp3) is 0.500. The van der Waals surface area contributed by atoms with Gasteiger partial charge in [0.2, 0.25) is 5.91 Å². The van der Waals surface area contributed by atoms with Gasteiger partial charge in [0, 0.05) is 6.04 Å². The predicted octanol–water partition coefficient (Wildman–Crippen LogP) is 0.921. The highest BCUT2D eigenvalue weighted by Crippen LogP contribution is 2.32. The highest BCUT2D eigenvalue weighted by molar-refractivity contribution is 6.00. The average Bonchev–Trinajstić information content (AvgIpc) is 2.87. The first kappa shape index (κ1) is 12.4. The maximum atomic E-state index is 12.2. The topological polar surface area (TPSA) is 76.4 Å². The van der Waals surface area contributed by atoms with Gasteiger partial charge in [-0.15, -0.1) is 0 Å². The van der Waals surface area contributed by atoms with Crippen LogP contribution in [0.5, 0.6) is 0 Å². The van der Waals surface area contributed by atoms with Gasteiger partial charge in [-0.1, -0.05) is 12.1 Å². The Hall–Kier alpha value is -1.59. The molecule has 0 saturated carbocycles. The fourth-order valence-corrected chi connectivity index (χ4v) is 3.16. The number of likely N-dealkylation sites (tertiary alicyclic amines) is 1. The van der Waals surface area contributed by atoms with E-state index in [1.54, 1.807) is 6.07 Å². The Labute approximate surface area is 112 Å². The van der Waals surface area contributed by atoms with Crippen molar-refractivity contribution in [2.45, 2.75) is 31.3 Å². The van der Waals surface area contributed by atoms with Crippen molar-refractivity contribution >= 4 is 17.3 Å². The van der Waals surface area contributed by atoms with Crippen molar-refractivity contribution in [3.63, 3.8) is 0 Å². The highest BCUT2D eigenvalue weighted by atomic mass is 16.3. The first-order valence-electron chi connectivity index (χ1n) is 6.71. The molecule has 0 spiro atoms. The lowest BCUT2D eigenvalue weighted by molar-refractivity contribution is -0.122. The molecule has 1 unspecified atom stereocenters. The van der Waals surface area contributed by atoms with Crippen LogP contribution < -0.4 is 11.1 Å². The number of hydrogen-bond donors (Lipinski definition) is 2. The van der Waals surface area contributed by atoms with Crippen LogP contribution in [0.25, 0.3) is 0 Å².